The van der Waals surface area contributed by atoms with Gasteiger partial charge in [-0.1, -0.05) is 41.4 Å². The minimum atomic E-state index is -0.131. The van der Waals surface area contributed by atoms with Gasteiger partial charge < -0.3 is 10.1 Å². The summed E-state index contributed by atoms with van der Waals surface area (Å²) in [5.74, 6) is 2.28. The van der Waals surface area contributed by atoms with Gasteiger partial charge in [-0.3, -0.25) is 4.79 Å². The number of aryl methyl sites for hydroxylation is 1. The molecule has 0 saturated heterocycles. The van der Waals surface area contributed by atoms with Gasteiger partial charge in [-0.2, -0.15) is 11.8 Å². The van der Waals surface area contributed by atoms with Crippen LogP contribution in [0, 0.1) is 6.92 Å². The van der Waals surface area contributed by atoms with Crippen molar-refractivity contribution in [3.8, 4) is 5.75 Å². The highest BCUT2D eigenvalue weighted by atomic mass is 79.9. The van der Waals surface area contributed by atoms with E-state index in [1.807, 2.05) is 0 Å². The second kappa shape index (κ2) is 9.97. The first-order valence-electron chi connectivity index (χ1n) is 7.52. The minimum absolute atomic E-state index is 0.0111. The third-order valence-electron chi connectivity index (χ3n) is 3.17. The number of amides is 1. The maximum atomic E-state index is 11.8. The molecule has 24 heavy (non-hydrogen) atoms. The van der Waals surface area contributed by atoms with Crippen LogP contribution in [0.2, 0.25) is 5.02 Å². The summed E-state index contributed by atoms with van der Waals surface area (Å²) in [6.07, 6.45) is 0. The third-order valence-corrected chi connectivity index (χ3v) is 5.06. The quantitative estimate of drug-likeness (QED) is 0.611. The highest BCUT2D eigenvalue weighted by Gasteiger charge is 2.06. The second-order valence-corrected chi connectivity index (χ2v) is 7.65. The highest BCUT2D eigenvalue weighted by Crippen LogP contribution is 2.27. The van der Waals surface area contributed by atoms with E-state index in [0.29, 0.717) is 17.3 Å². The van der Waals surface area contributed by atoms with Gasteiger partial charge in [0.2, 0.25) is 0 Å². The Morgan fingerprint density at radius 1 is 1.29 bits per heavy atom. The maximum Gasteiger partial charge on any atom is 0.257 e. The zero-order valence-electron chi connectivity index (χ0n) is 13.4. The Hall–Kier alpha value is -1.17. The number of benzene rings is 2. The van der Waals surface area contributed by atoms with Crippen molar-refractivity contribution in [1.82, 2.24) is 5.32 Å². The summed E-state index contributed by atoms with van der Waals surface area (Å²) in [5.41, 5.74) is 2.58. The fourth-order valence-corrected chi connectivity index (χ4v) is 3.64. The number of thioether (sulfide) groups is 1. The predicted octanol–water partition coefficient (Wildman–Crippen LogP) is 4.84. The number of hydrogen-bond donors (Lipinski definition) is 1. The van der Waals surface area contributed by atoms with E-state index >= 15 is 0 Å². The molecule has 0 aliphatic carbocycles. The number of rotatable bonds is 8. The molecule has 0 aliphatic heterocycles. The van der Waals surface area contributed by atoms with Gasteiger partial charge in [-0.15, -0.1) is 0 Å². The first-order valence-corrected chi connectivity index (χ1v) is 9.85. The Balaban J connectivity index is 1.61. The van der Waals surface area contributed by atoms with Crippen LogP contribution in [0.4, 0.5) is 0 Å². The molecule has 6 heteroatoms. The monoisotopic (exact) mass is 427 g/mol. The van der Waals surface area contributed by atoms with Crippen LogP contribution in [0.3, 0.4) is 0 Å². The van der Waals surface area contributed by atoms with Gasteiger partial charge in [-0.05, 0) is 46.6 Å². The number of ether oxygens (including phenoxy) is 1. The topological polar surface area (TPSA) is 38.3 Å². The van der Waals surface area contributed by atoms with Crippen LogP contribution >= 0.6 is 39.3 Å². The number of carbonyl (C=O) groups excluding carboxylic acids is 1. The first-order chi connectivity index (χ1) is 11.5. The predicted molar refractivity (Wildman–Crippen MR) is 105 cm³/mol. The molecule has 128 valence electrons. The van der Waals surface area contributed by atoms with Crippen molar-refractivity contribution >= 4 is 45.2 Å². The van der Waals surface area contributed by atoms with Crippen LogP contribution in [-0.2, 0) is 10.5 Å². The largest absolute Gasteiger partial charge is 0.483 e. The van der Waals surface area contributed by atoms with E-state index in [1.54, 1.807) is 30.0 Å². The molecule has 0 atom stereocenters. The molecule has 0 radical (unpaired) electrons. The summed E-state index contributed by atoms with van der Waals surface area (Å²) in [6, 6.07) is 13.7. The second-order valence-electron chi connectivity index (χ2n) is 5.26. The lowest BCUT2D eigenvalue weighted by molar-refractivity contribution is -0.122. The Kier molecular flexibility index (Phi) is 7.95. The lowest BCUT2D eigenvalue weighted by atomic mass is 10.2. The van der Waals surface area contributed by atoms with E-state index < -0.39 is 0 Å². The number of nitrogens with one attached hydrogen (secondary N) is 1. The zero-order valence-corrected chi connectivity index (χ0v) is 16.5. The van der Waals surface area contributed by atoms with Crippen LogP contribution in [0.15, 0.2) is 46.9 Å². The van der Waals surface area contributed by atoms with Crippen LogP contribution < -0.4 is 10.1 Å². The van der Waals surface area contributed by atoms with E-state index in [2.05, 4.69) is 52.4 Å². The summed E-state index contributed by atoms with van der Waals surface area (Å²) in [6.45, 7) is 2.71. The number of halogens is 2. The standard InChI is InChI=1S/C18H19BrClNO2S/c1-13-3-2-4-14(9-13)12-24-8-7-21-18(22)11-23-17-6-5-15(20)10-16(17)19/h2-6,9-10H,7-8,11-12H2,1H3,(H,21,22). The van der Waals surface area contributed by atoms with Crippen molar-refractivity contribution in [3.05, 3.63) is 63.1 Å². The van der Waals surface area contributed by atoms with Crippen molar-refractivity contribution in [2.24, 2.45) is 0 Å². The Bertz CT molecular complexity index is 696. The van der Waals surface area contributed by atoms with Crippen molar-refractivity contribution in [2.45, 2.75) is 12.7 Å². The van der Waals surface area contributed by atoms with Gasteiger partial charge in [-0.25, -0.2) is 0 Å². The number of hydrogen-bond acceptors (Lipinski definition) is 3. The molecule has 0 aliphatic rings. The summed E-state index contributed by atoms with van der Waals surface area (Å²) in [5, 5.41) is 3.47. The van der Waals surface area contributed by atoms with Gasteiger partial charge >= 0.3 is 0 Å². The summed E-state index contributed by atoms with van der Waals surface area (Å²) in [7, 11) is 0. The number of carbonyl (C=O) groups is 1. The fourth-order valence-electron chi connectivity index (χ4n) is 2.04. The molecule has 0 spiro atoms. The minimum Gasteiger partial charge on any atom is -0.483 e. The first kappa shape index (κ1) is 19.2. The van der Waals surface area contributed by atoms with Gasteiger partial charge in [0.25, 0.3) is 5.91 Å². The van der Waals surface area contributed by atoms with Crippen molar-refractivity contribution in [3.63, 3.8) is 0 Å². The normalized spacial score (nSPS) is 10.5. The smallest absolute Gasteiger partial charge is 0.257 e. The zero-order chi connectivity index (χ0) is 17.4. The average molecular weight is 429 g/mol. The molecule has 1 N–H and O–H groups in total. The van der Waals surface area contributed by atoms with Gasteiger partial charge in [0.05, 0.1) is 4.47 Å². The molecule has 0 saturated carbocycles. The molecule has 2 rings (SSSR count). The Morgan fingerprint density at radius 3 is 2.88 bits per heavy atom. The summed E-state index contributed by atoms with van der Waals surface area (Å²) < 4.78 is 6.20. The third kappa shape index (κ3) is 6.75. The maximum absolute atomic E-state index is 11.8. The van der Waals surface area contributed by atoms with Gasteiger partial charge in [0, 0.05) is 23.1 Å². The average Bonchev–Trinajstić information content (AvgIpc) is 2.54. The van der Waals surface area contributed by atoms with Crippen LogP contribution in [0.5, 0.6) is 5.75 Å². The Labute approximate surface area is 160 Å². The molecule has 0 heterocycles. The molecule has 0 aromatic heterocycles. The molecule has 1 amide bonds. The van der Waals surface area contributed by atoms with Crippen LogP contribution in [-0.4, -0.2) is 24.8 Å². The van der Waals surface area contributed by atoms with Crippen LogP contribution in [0.1, 0.15) is 11.1 Å². The van der Waals surface area contributed by atoms with Crippen molar-refractivity contribution < 1.29 is 9.53 Å². The van der Waals surface area contributed by atoms with E-state index in [1.165, 1.54) is 11.1 Å². The van der Waals surface area contributed by atoms with Crippen molar-refractivity contribution in [2.75, 3.05) is 18.9 Å². The molecule has 0 unspecified atom stereocenters. The van der Waals surface area contributed by atoms with E-state index in [-0.39, 0.29) is 12.5 Å². The molecule has 2 aromatic carbocycles. The van der Waals surface area contributed by atoms with Crippen molar-refractivity contribution in [1.29, 1.82) is 0 Å². The van der Waals surface area contributed by atoms with E-state index in [9.17, 15) is 4.79 Å². The molecule has 0 fully saturated rings. The Morgan fingerprint density at radius 2 is 2.12 bits per heavy atom. The lowest BCUT2D eigenvalue weighted by Gasteiger charge is -2.09. The van der Waals surface area contributed by atoms with E-state index in [0.717, 1.165) is 16.0 Å². The lowest BCUT2D eigenvalue weighted by Crippen LogP contribution is -2.30. The van der Waals surface area contributed by atoms with Gasteiger partial charge in [0.1, 0.15) is 5.75 Å². The SMILES string of the molecule is Cc1cccc(CSCCNC(=O)COc2ccc(Cl)cc2Br)c1. The molecular weight excluding hydrogens is 410 g/mol. The molecule has 2 aromatic rings. The highest BCUT2D eigenvalue weighted by molar-refractivity contribution is 9.10. The molecular formula is C18H19BrClNO2S. The molecule has 0 bridgehead atoms. The summed E-state index contributed by atoms with van der Waals surface area (Å²) >= 11 is 11.0. The van der Waals surface area contributed by atoms with Crippen LogP contribution in [0.25, 0.3) is 0 Å². The summed E-state index contributed by atoms with van der Waals surface area (Å²) in [4.78, 5) is 11.8. The fraction of sp³-hybridized carbons (Fsp3) is 0.278. The van der Waals surface area contributed by atoms with E-state index in [4.69, 9.17) is 16.3 Å². The van der Waals surface area contributed by atoms with Gasteiger partial charge in [0.15, 0.2) is 6.61 Å². The molecule has 3 nitrogen and oxygen atoms in total.